The number of rotatable bonds is 10. The lowest BCUT2D eigenvalue weighted by atomic mass is 9.83. The zero-order valence-corrected chi connectivity index (χ0v) is 23.2. The van der Waals surface area contributed by atoms with Crippen LogP contribution in [0, 0.1) is 0 Å². The number of hydrogen-bond acceptors (Lipinski definition) is 14. The van der Waals surface area contributed by atoms with Gasteiger partial charge in [-0.15, -0.1) is 0 Å². The number of guanidine groups is 1. The van der Waals surface area contributed by atoms with E-state index in [2.05, 4.69) is 15.6 Å². The number of likely N-dealkylation sites (N-methyl/N-ethyl adjacent to an activating group) is 1. The molecule has 0 aromatic carbocycles. The molecule has 1 saturated carbocycles. The number of nitrogens with zero attached hydrogens (tertiary/aromatic N) is 2. The molecule has 41 heavy (non-hydrogen) atoms. The van der Waals surface area contributed by atoms with Crippen LogP contribution in [0.2, 0.25) is 0 Å². The summed E-state index contributed by atoms with van der Waals surface area (Å²) in [5.74, 6) is 0.236. The van der Waals surface area contributed by atoms with Crippen LogP contribution in [0.15, 0.2) is 16.8 Å². The summed E-state index contributed by atoms with van der Waals surface area (Å²) in [6.45, 7) is 1.21. The van der Waals surface area contributed by atoms with E-state index >= 15 is 0 Å². The molecule has 11 unspecified atom stereocenters. The third-order valence-electron chi connectivity index (χ3n) is 7.31. The number of urea groups is 1. The molecule has 0 bridgehead atoms. The van der Waals surface area contributed by atoms with Crippen molar-refractivity contribution in [2.45, 2.75) is 86.5 Å². The van der Waals surface area contributed by atoms with E-state index in [0.717, 1.165) is 0 Å². The Hall–Kier alpha value is -2.36. The first kappa shape index (κ1) is 33.1. The molecule has 0 aromatic rings. The number of hydroxylamine groups is 2. The van der Waals surface area contributed by atoms with Gasteiger partial charge in [-0.05, 0) is 32.9 Å². The third-order valence-corrected chi connectivity index (χ3v) is 7.31. The average Bonchev–Trinajstić information content (AvgIpc) is 2.90. The second kappa shape index (κ2) is 14.2. The number of ether oxygens (including phenoxy) is 4. The van der Waals surface area contributed by atoms with Crippen molar-refractivity contribution in [3.8, 4) is 0 Å². The zero-order valence-electron chi connectivity index (χ0n) is 23.2. The largest absolute Gasteiger partial charge is 0.466 e. The van der Waals surface area contributed by atoms with Crippen LogP contribution in [0.5, 0.6) is 0 Å². The SMILES string of the molecule is CNC1C(O)C(OC2C(NC(=O)N(O)CCN)CC(N)C(OC3OC(CN)=CCC3N=C(N)N)C2O)OCC1(C)O. The van der Waals surface area contributed by atoms with Crippen LogP contribution >= 0.6 is 0 Å². The van der Waals surface area contributed by atoms with Crippen LogP contribution in [0.25, 0.3) is 0 Å². The Labute approximate surface area is 237 Å². The number of carbonyl (C=O) groups is 1. The molecular formula is C23H45N9O9. The number of nitrogens with one attached hydrogen (secondary N) is 2. The van der Waals surface area contributed by atoms with E-state index in [0.29, 0.717) is 17.2 Å². The second-order valence-corrected chi connectivity index (χ2v) is 10.6. The molecule has 3 rings (SSSR count). The number of carbonyl (C=O) groups excluding carboxylic acids is 1. The first-order valence-electron chi connectivity index (χ1n) is 13.4. The first-order valence-corrected chi connectivity index (χ1v) is 13.4. The van der Waals surface area contributed by atoms with Gasteiger partial charge in [0.2, 0.25) is 6.29 Å². The van der Waals surface area contributed by atoms with Crippen LogP contribution in [0.1, 0.15) is 19.8 Å². The van der Waals surface area contributed by atoms with Gasteiger partial charge in [0.1, 0.15) is 41.8 Å². The van der Waals surface area contributed by atoms with Gasteiger partial charge in [-0.2, -0.15) is 0 Å². The van der Waals surface area contributed by atoms with Gasteiger partial charge in [-0.1, -0.05) is 0 Å². The van der Waals surface area contributed by atoms with Crippen molar-refractivity contribution in [3.63, 3.8) is 0 Å². The van der Waals surface area contributed by atoms with Crippen molar-refractivity contribution in [3.05, 3.63) is 11.8 Å². The molecule has 2 heterocycles. The predicted molar refractivity (Wildman–Crippen MR) is 144 cm³/mol. The minimum absolute atomic E-state index is 0.00239. The maximum atomic E-state index is 12.6. The highest BCUT2D eigenvalue weighted by molar-refractivity contribution is 5.76. The lowest BCUT2D eigenvalue weighted by Gasteiger charge is -2.48. The maximum absolute atomic E-state index is 12.6. The average molecular weight is 592 g/mol. The summed E-state index contributed by atoms with van der Waals surface area (Å²) in [5.41, 5.74) is 27.3. The lowest BCUT2D eigenvalue weighted by molar-refractivity contribution is -0.304. The fourth-order valence-corrected chi connectivity index (χ4v) is 5.26. The monoisotopic (exact) mass is 591 g/mol. The van der Waals surface area contributed by atoms with Gasteiger partial charge in [0, 0.05) is 12.6 Å². The molecule has 2 amide bonds. The molecule has 2 aliphatic heterocycles. The molecule has 1 saturated heterocycles. The highest BCUT2D eigenvalue weighted by atomic mass is 16.7. The van der Waals surface area contributed by atoms with Crippen LogP contribution in [0.4, 0.5) is 4.79 Å². The number of nitrogens with two attached hydrogens (primary N) is 5. The van der Waals surface area contributed by atoms with E-state index in [1.807, 2.05) is 0 Å². The Balaban J connectivity index is 1.87. The van der Waals surface area contributed by atoms with Crippen LogP contribution in [-0.2, 0) is 18.9 Å². The van der Waals surface area contributed by atoms with Crippen molar-refractivity contribution in [2.24, 2.45) is 33.7 Å². The summed E-state index contributed by atoms with van der Waals surface area (Å²) < 4.78 is 23.6. The standard InChI is InChI=1S/C23H45N9O9/c1-23(36)9-38-20(15(34)18(23)29-2)41-17-13(31-22(35)32(37)6-5-24)7-11(26)16(14(17)33)40-19-12(30-21(27)28)4-3-10(8-25)39-19/h3,11-20,29,33-34,36-37H,4-9,24-26H2,1-2H3,(H,31,35)(H4,27,28,30). The fraction of sp³-hybridized carbons (Fsp3) is 0.826. The Kier molecular flexibility index (Phi) is 11.5. The minimum atomic E-state index is -1.52. The molecule has 0 radical (unpaired) electrons. The quantitative estimate of drug-likeness (QED) is 0.0490. The van der Waals surface area contributed by atoms with E-state index in [1.165, 1.54) is 6.92 Å². The molecule has 11 atom stereocenters. The van der Waals surface area contributed by atoms with Gasteiger partial charge in [-0.3, -0.25) is 5.21 Å². The summed E-state index contributed by atoms with van der Waals surface area (Å²) in [5, 5.41) is 48.9. The number of hydrogen-bond donors (Lipinski definition) is 11. The predicted octanol–water partition coefficient (Wildman–Crippen LogP) is -5.14. The summed E-state index contributed by atoms with van der Waals surface area (Å²) in [4.78, 5) is 16.8. The van der Waals surface area contributed by atoms with Gasteiger partial charge in [-0.25, -0.2) is 14.9 Å². The summed E-state index contributed by atoms with van der Waals surface area (Å²) in [6, 6.07) is -4.29. The summed E-state index contributed by atoms with van der Waals surface area (Å²) >= 11 is 0. The molecule has 3 aliphatic rings. The number of aliphatic hydroxyl groups is 3. The number of amides is 2. The van der Waals surface area contributed by atoms with Crippen molar-refractivity contribution in [1.29, 1.82) is 0 Å². The Morgan fingerprint density at radius 1 is 1.22 bits per heavy atom. The molecule has 1 aliphatic carbocycles. The van der Waals surface area contributed by atoms with Crippen molar-refractivity contribution >= 4 is 12.0 Å². The Morgan fingerprint density at radius 3 is 2.51 bits per heavy atom. The molecular weight excluding hydrogens is 546 g/mol. The Bertz CT molecular complexity index is 938. The summed E-state index contributed by atoms with van der Waals surface area (Å²) in [7, 11) is 1.56. The minimum Gasteiger partial charge on any atom is -0.466 e. The Morgan fingerprint density at radius 2 is 1.90 bits per heavy atom. The van der Waals surface area contributed by atoms with E-state index < -0.39 is 72.8 Å². The third kappa shape index (κ3) is 7.93. The number of aliphatic hydroxyl groups excluding tert-OH is 2. The van der Waals surface area contributed by atoms with Gasteiger partial charge in [0.15, 0.2) is 12.2 Å². The van der Waals surface area contributed by atoms with Gasteiger partial charge < -0.3 is 73.6 Å². The molecule has 16 N–H and O–H groups in total. The van der Waals surface area contributed by atoms with Gasteiger partial charge in [0.05, 0.1) is 31.8 Å². The summed E-state index contributed by atoms with van der Waals surface area (Å²) in [6.07, 6.45) is -5.64. The van der Waals surface area contributed by atoms with Gasteiger partial charge in [0.25, 0.3) is 0 Å². The van der Waals surface area contributed by atoms with E-state index in [9.17, 15) is 25.3 Å². The maximum Gasteiger partial charge on any atom is 0.341 e. The second-order valence-electron chi connectivity index (χ2n) is 10.6. The van der Waals surface area contributed by atoms with Crippen molar-refractivity contribution in [1.82, 2.24) is 15.7 Å². The lowest BCUT2D eigenvalue weighted by Crippen LogP contribution is -2.69. The van der Waals surface area contributed by atoms with Crippen LogP contribution < -0.4 is 39.3 Å². The zero-order chi connectivity index (χ0) is 30.5. The van der Waals surface area contributed by atoms with Crippen LogP contribution in [-0.4, -0.2) is 138 Å². The molecule has 0 aromatic heterocycles. The molecule has 18 nitrogen and oxygen atoms in total. The highest BCUT2D eigenvalue weighted by Gasteiger charge is 2.52. The van der Waals surface area contributed by atoms with Crippen molar-refractivity contribution < 1.29 is 44.3 Å². The molecule has 18 heteroatoms. The van der Waals surface area contributed by atoms with Crippen LogP contribution in [0.3, 0.4) is 0 Å². The van der Waals surface area contributed by atoms with E-state index in [-0.39, 0.29) is 38.6 Å². The molecule has 2 fully saturated rings. The first-order chi connectivity index (χ1) is 19.3. The smallest absolute Gasteiger partial charge is 0.341 e. The van der Waals surface area contributed by atoms with E-state index in [1.54, 1.807) is 13.1 Å². The normalized spacial score (nSPS) is 39.3. The van der Waals surface area contributed by atoms with E-state index in [4.69, 9.17) is 47.6 Å². The fourth-order valence-electron chi connectivity index (χ4n) is 5.26. The molecule has 236 valence electrons. The topological polar surface area (TPSA) is 305 Å². The highest BCUT2D eigenvalue weighted by Crippen LogP contribution is 2.32. The number of aliphatic imine (C=N–C) groups is 1. The molecule has 0 spiro atoms. The van der Waals surface area contributed by atoms with Crippen molar-refractivity contribution in [2.75, 3.05) is 33.3 Å². The van der Waals surface area contributed by atoms with Gasteiger partial charge >= 0.3 is 6.03 Å².